The smallest absolute Gasteiger partial charge is 0.327 e. The largest absolute Gasteiger partial charge is 0.493 e. The fourth-order valence-corrected chi connectivity index (χ4v) is 4.00. The Kier molecular flexibility index (Phi) is 8.00. The highest BCUT2D eigenvalue weighted by Crippen LogP contribution is 2.46. The number of piperazine rings is 1. The minimum Gasteiger partial charge on any atom is -0.493 e. The summed E-state index contributed by atoms with van der Waals surface area (Å²) in [5, 5.41) is 11.8. The Balaban J connectivity index is 1.77. The first-order valence-corrected chi connectivity index (χ1v) is 10.6. The van der Waals surface area contributed by atoms with Crippen LogP contribution in [0.5, 0.6) is 28.7 Å². The zero-order valence-electron chi connectivity index (χ0n) is 20.0. The summed E-state index contributed by atoms with van der Waals surface area (Å²) in [7, 11) is 7.21. The Morgan fingerprint density at radius 2 is 1.47 bits per heavy atom. The second-order valence-corrected chi connectivity index (χ2v) is 7.56. The van der Waals surface area contributed by atoms with E-state index < -0.39 is 16.5 Å². The van der Waals surface area contributed by atoms with Crippen molar-refractivity contribution in [1.29, 1.82) is 0 Å². The Morgan fingerprint density at radius 1 is 0.853 bits per heavy atom. The Morgan fingerprint density at radius 3 is 2.00 bits per heavy atom. The molecule has 1 aliphatic heterocycles. The van der Waals surface area contributed by atoms with Crippen molar-refractivity contribution in [1.82, 2.24) is 9.80 Å². The average molecular weight is 475 g/mol. The second kappa shape index (κ2) is 10.9. The molecular formula is C23H29N3O8. The Hall–Kier alpha value is -3.73. The third kappa shape index (κ3) is 4.93. The van der Waals surface area contributed by atoms with Gasteiger partial charge in [0.2, 0.25) is 11.5 Å². The molecule has 1 amide bonds. The summed E-state index contributed by atoms with van der Waals surface area (Å²) >= 11 is 0. The number of carbonyl (C=O) groups is 1. The molecule has 1 aliphatic rings. The molecule has 2 aromatic rings. The van der Waals surface area contributed by atoms with E-state index >= 15 is 0 Å². The predicted molar refractivity (Wildman–Crippen MR) is 123 cm³/mol. The highest BCUT2D eigenvalue weighted by Gasteiger charge is 2.35. The molecule has 0 atom stereocenters. The molecule has 184 valence electrons. The molecule has 1 heterocycles. The molecule has 1 saturated heterocycles. The van der Waals surface area contributed by atoms with Gasteiger partial charge in [-0.15, -0.1) is 0 Å². The number of carbonyl (C=O) groups excluding carboxylic acids is 1. The fraction of sp³-hybridized carbons (Fsp3) is 0.435. The molecule has 0 saturated carbocycles. The van der Waals surface area contributed by atoms with Crippen LogP contribution in [-0.2, 0) is 6.54 Å². The minimum absolute atomic E-state index is 0.0630. The molecule has 0 bridgehead atoms. The first-order chi connectivity index (χ1) is 16.4. The lowest BCUT2D eigenvalue weighted by Crippen LogP contribution is -2.48. The van der Waals surface area contributed by atoms with Gasteiger partial charge in [0.15, 0.2) is 17.2 Å². The highest BCUT2D eigenvalue weighted by atomic mass is 16.6. The van der Waals surface area contributed by atoms with Crippen LogP contribution >= 0.6 is 0 Å². The van der Waals surface area contributed by atoms with E-state index in [2.05, 4.69) is 4.90 Å². The number of hydrogen-bond donors (Lipinski definition) is 0. The number of methoxy groups -OCH3 is 5. The lowest BCUT2D eigenvalue weighted by atomic mass is 10.1. The number of hydrogen-bond acceptors (Lipinski definition) is 9. The Labute approximate surface area is 197 Å². The van der Waals surface area contributed by atoms with Crippen molar-refractivity contribution >= 4 is 11.6 Å². The van der Waals surface area contributed by atoms with Crippen molar-refractivity contribution < 1.29 is 33.4 Å². The van der Waals surface area contributed by atoms with Crippen LogP contribution in [0.4, 0.5) is 5.69 Å². The molecule has 11 nitrogen and oxygen atoms in total. The molecule has 0 unspecified atom stereocenters. The first kappa shape index (κ1) is 24.9. The topological polar surface area (TPSA) is 113 Å². The van der Waals surface area contributed by atoms with E-state index in [1.54, 1.807) is 19.1 Å². The molecule has 34 heavy (non-hydrogen) atoms. The highest BCUT2D eigenvalue weighted by molar-refractivity contribution is 6.00. The van der Waals surface area contributed by atoms with Crippen molar-refractivity contribution in [3.8, 4) is 28.7 Å². The fourth-order valence-electron chi connectivity index (χ4n) is 4.00. The summed E-state index contributed by atoms with van der Waals surface area (Å²) in [4.78, 5) is 28.3. The van der Waals surface area contributed by atoms with E-state index in [0.717, 1.165) is 5.56 Å². The maximum atomic E-state index is 13.3. The van der Waals surface area contributed by atoms with E-state index in [1.165, 1.54) is 27.4 Å². The predicted octanol–water partition coefficient (Wildman–Crippen LogP) is 2.60. The van der Waals surface area contributed by atoms with Crippen LogP contribution in [0.3, 0.4) is 0 Å². The summed E-state index contributed by atoms with van der Waals surface area (Å²) in [5.41, 5.74) is 0.503. The van der Waals surface area contributed by atoms with Gasteiger partial charge in [0.1, 0.15) is 5.56 Å². The minimum atomic E-state index is -0.638. The zero-order valence-corrected chi connectivity index (χ0v) is 20.0. The van der Waals surface area contributed by atoms with Crippen molar-refractivity contribution in [3.05, 3.63) is 45.5 Å². The summed E-state index contributed by atoms with van der Waals surface area (Å²) in [6.07, 6.45) is 0. The van der Waals surface area contributed by atoms with Crippen molar-refractivity contribution in [2.45, 2.75) is 6.54 Å². The molecule has 0 N–H and O–H groups in total. The van der Waals surface area contributed by atoms with E-state index in [9.17, 15) is 14.9 Å². The SMILES string of the molecule is COc1ccc(CN2CCN(C(=O)c3cc(OC)c(OC)c(OC)c3[N+](=O)[O-])CC2)cc1OC. The van der Waals surface area contributed by atoms with E-state index in [4.69, 9.17) is 23.7 Å². The van der Waals surface area contributed by atoms with Crippen LogP contribution in [0.15, 0.2) is 24.3 Å². The van der Waals surface area contributed by atoms with E-state index in [1.807, 2.05) is 18.2 Å². The molecular weight excluding hydrogens is 446 g/mol. The molecule has 0 radical (unpaired) electrons. The molecule has 3 rings (SSSR count). The normalized spacial score (nSPS) is 13.9. The van der Waals surface area contributed by atoms with Crippen molar-refractivity contribution in [2.24, 2.45) is 0 Å². The van der Waals surface area contributed by atoms with Crippen molar-refractivity contribution in [3.63, 3.8) is 0 Å². The van der Waals surface area contributed by atoms with Crippen LogP contribution in [-0.4, -0.2) is 82.4 Å². The number of nitro groups is 1. The van der Waals surface area contributed by atoms with Crippen LogP contribution in [0, 0.1) is 10.1 Å². The molecule has 2 aromatic carbocycles. The second-order valence-electron chi connectivity index (χ2n) is 7.56. The lowest BCUT2D eigenvalue weighted by Gasteiger charge is -2.35. The lowest BCUT2D eigenvalue weighted by molar-refractivity contribution is -0.386. The Bertz CT molecular complexity index is 1050. The number of nitrogens with zero attached hydrogens (tertiary/aromatic N) is 3. The monoisotopic (exact) mass is 475 g/mol. The number of benzene rings is 2. The van der Waals surface area contributed by atoms with Gasteiger partial charge in [0, 0.05) is 38.8 Å². The van der Waals surface area contributed by atoms with Crippen LogP contribution in [0.25, 0.3) is 0 Å². The maximum absolute atomic E-state index is 13.3. The van der Waals surface area contributed by atoms with E-state index in [0.29, 0.717) is 44.2 Å². The van der Waals surface area contributed by atoms with Gasteiger partial charge in [-0.3, -0.25) is 19.8 Å². The van der Waals surface area contributed by atoms with Gasteiger partial charge >= 0.3 is 5.69 Å². The van der Waals surface area contributed by atoms with Gasteiger partial charge in [-0.1, -0.05) is 6.07 Å². The third-order valence-corrected chi connectivity index (χ3v) is 5.73. The summed E-state index contributed by atoms with van der Waals surface area (Å²) < 4.78 is 26.4. The summed E-state index contributed by atoms with van der Waals surface area (Å²) in [6, 6.07) is 7.09. The zero-order chi connectivity index (χ0) is 24.8. The quantitative estimate of drug-likeness (QED) is 0.399. The number of amides is 1. The number of ether oxygens (including phenoxy) is 5. The number of rotatable bonds is 9. The summed E-state index contributed by atoms with van der Waals surface area (Å²) in [6.45, 7) is 2.73. The summed E-state index contributed by atoms with van der Waals surface area (Å²) in [5.74, 6) is 0.949. The molecule has 0 aliphatic carbocycles. The molecule has 11 heteroatoms. The molecule has 1 fully saturated rings. The molecule has 0 spiro atoms. The van der Waals surface area contributed by atoms with Crippen LogP contribution in [0.2, 0.25) is 0 Å². The average Bonchev–Trinajstić information content (AvgIpc) is 2.86. The van der Waals surface area contributed by atoms with Gasteiger partial charge in [0.05, 0.1) is 40.5 Å². The van der Waals surface area contributed by atoms with Crippen molar-refractivity contribution in [2.75, 3.05) is 61.7 Å². The van der Waals surface area contributed by atoms with Gasteiger partial charge < -0.3 is 28.6 Å². The van der Waals surface area contributed by atoms with Gasteiger partial charge in [-0.05, 0) is 17.7 Å². The molecule has 0 aromatic heterocycles. The number of nitro benzene ring substituents is 1. The maximum Gasteiger partial charge on any atom is 0.327 e. The van der Waals surface area contributed by atoms with Gasteiger partial charge in [-0.25, -0.2) is 0 Å². The van der Waals surface area contributed by atoms with E-state index in [-0.39, 0.29) is 22.8 Å². The first-order valence-electron chi connectivity index (χ1n) is 10.6. The standard InChI is InChI=1S/C23H29N3O8/c1-30-17-7-6-15(12-18(17)31-2)14-24-8-10-25(11-9-24)23(27)16-13-19(32-3)21(33-4)22(34-5)20(16)26(28)29/h6-7,12-13H,8-11,14H2,1-5H3. The van der Waals surface area contributed by atoms with Crippen LogP contribution < -0.4 is 23.7 Å². The third-order valence-electron chi connectivity index (χ3n) is 5.73. The van der Waals surface area contributed by atoms with Crippen LogP contribution in [0.1, 0.15) is 15.9 Å². The van der Waals surface area contributed by atoms with Gasteiger partial charge in [-0.2, -0.15) is 0 Å². The van der Waals surface area contributed by atoms with Gasteiger partial charge in [0.25, 0.3) is 5.91 Å².